The zero-order chi connectivity index (χ0) is 11.4. The minimum absolute atomic E-state index is 0.650. The molecule has 1 aromatic carbocycles. The summed E-state index contributed by atoms with van der Waals surface area (Å²) in [5, 5.41) is 5.27. The third-order valence-electron chi connectivity index (χ3n) is 1.88. The monoisotopic (exact) mass is 247 g/mol. The Morgan fingerprint density at radius 1 is 1.06 bits per heavy atom. The van der Waals surface area contributed by atoms with Crippen molar-refractivity contribution in [3.63, 3.8) is 0 Å². The van der Waals surface area contributed by atoms with Crippen LogP contribution in [0.15, 0.2) is 46.7 Å². The minimum atomic E-state index is -1.41. The molecular weight excluding hydrogens is 238 g/mol. The van der Waals surface area contributed by atoms with E-state index >= 15 is 0 Å². The number of rotatable bonds is 1. The van der Waals surface area contributed by atoms with Crippen LogP contribution in [-0.4, -0.2) is 4.21 Å². The molecule has 0 saturated heterocycles. The molecule has 16 heavy (non-hydrogen) atoms. The fourth-order valence-corrected chi connectivity index (χ4v) is 2.54. The second-order valence-corrected chi connectivity index (χ2v) is 5.41. The van der Waals surface area contributed by atoms with Crippen molar-refractivity contribution in [1.29, 1.82) is 0 Å². The Labute approximate surface area is 101 Å². The summed E-state index contributed by atoms with van der Waals surface area (Å²) in [6.45, 7) is 0. The Bertz CT molecular complexity index is 563. The largest absolute Gasteiger partial charge is 0.247 e. The van der Waals surface area contributed by atoms with Crippen molar-refractivity contribution in [3.05, 3.63) is 52.9 Å². The standard InChI is InChI=1S/C12H9NOS2/c13-16(14)12-9-8-11(15-12)7-6-10-4-2-1-3-5-10/h1-5,8-9H,13H2. The average molecular weight is 247 g/mol. The predicted molar refractivity (Wildman–Crippen MR) is 67.3 cm³/mol. The lowest BCUT2D eigenvalue weighted by atomic mass is 10.2. The highest BCUT2D eigenvalue weighted by atomic mass is 32.2. The van der Waals surface area contributed by atoms with Crippen LogP contribution in [0.1, 0.15) is 10.4 Å². The van der Waals surface area contributed by atoms with E-state index in [9.17, 15) is 4.21 Å². The summed E-state index contributed by atoms with van der Waals surface area (Å²) in [5.41, 5.74) is 0.964. The highest BCUT2D eigenvalue weighted by Gasteiger charge is 2.00. The molecule has 0 aliphatic heterocycles. The molecule has 2 rings (SSSR count). The molecule has 1 atom stereocenters. The molecule has 80 valence electrons. The van der Waals surface area contributed by atoms with E-state index in [1.54, 1.807) is 6.07 Å². The number of benzene rings is 1. The fourth-order valence-electron chi connectivity index (χ4n) is 1.15. The first-order valence-corrected chi connectivity index (χ1v) is 6.62. The zero-order valence-electron chi connectivity index (χ0n) is 8.34. The molecule has 0 radical (unpaired) electrons. The molecule has 0 aliphatic carbocycles. The second kappa shape index (κ2) is 5.08. The SMILES string of the molecule is NS(=O)c1ccc(C#Cc2ccccc2)s1. The molecule has 2 nitrogen and oxygen atoms in total. The van der Waals surface area contributed by atoms with E-state index < -0.39 is 11.0 Å². The maximum atomic E-state index is 11.0. The molecule has 0 fully saturated rings. The predicted octanol–water partition coefficient (Wildman–Crippen LogP) is 2.13. The van der Waals surface area contributed by atoms with Gasteiger partial charge >= 0.3 is 0 Å². The van der Waals surface area contributed by atoms with E-state index in [0.29, 0.717) is 4.21 Å². The van der Waals surface area contributed by atoms with Gasteiger partial charge in [0.05, 0.1) is 4.88 Å². The van der Waals surface area contributed by atoms with Gasteiger partial charge in [0.15, 0.2) is 0 Å². The minimum Gasteiger partial charge on any atom is -0.247 e. The normalized spacial score (nSPS) is 11.6. The first kappa shape index (κ1) is 11.1. The number of hydrogen-bond acceptors (Lipinski definition) is 2. The third-order valence-corrected chi connectivity index (χ3v) is 3.95. The van der Waals surface area contributed by atoms with Crippen molar-refractivity contribution in [2.45, 2.75) is 4.21 Å². The van der Waals surface area contributed by atoms with Crippen LogP contribution in [0, 0.1) is 11.8 Å². The fraction of sp³-hybridized carbons (Fsp3) is 0. The summed E-state index contributed by atoms with van der Waals surface area (Å²) >= 11 is 1.36. The van der Waals surface area contributed by atoms with Crippen LogP contribution >= 0.6 is 11.3 Å². The van der Waals surface area contributed by atoms with Gasteiger partial charge in [-0.3, -0.25) is 0 Å². The molecule has 2 aromatic rings. The molecule has 4 heteroatoms. The van der Waals surface area contributed by atoms with Gasteiger partial charge in [-0.05, 0) is 24.3 Å². The smallest absolute Gasteiger partial charge is 0.132 e. The number of hydrogen-bond donors (Lipinski definition) is 1. The van der Waals surface area contributed by atoms with Gasteiger partial charge in [0.2, 0.25) is 0 Å². The summed E-state index contributed by atoms with van der Waals surface area (Å²) in [4.78, 5) is 0.873. The van der Waals surface area contributed by atoms with E-state index in [2.05, 4.69) is 11.8 Å². The van der Waals surface area contributed by atoms with Crippen molar-refractivity contribution in [3.8, 4) is 11.8 Å². The lowest BCUT2D eigenvalue weighted by Gasteiger charge is -1.86. The van der Waals surface area contributed by atoms with Crippen LogP contribution in [0.3, 0.4) is 0 Å². The Balaban J connectivity index is 2.21. The summed E-state index contributed by atoms with van der Waals surface area (Å²) in [7, 11) is -1.41. The van der Waals surface area contributed by atoms with Gasteiger partial charge < -0.3 is 0 Å². The summed E-state index contributed by atoms with van der Waals surface area (Å²) in [5.74, 6) is 6.05. The Morgan fingerprint density at radius 2 is 1.81 bits per heavy atom. The Hall–Kier alpha value is -1.41. The maximum absolute atomic E-state index is 11.0. The van der Waals surface area contributed by atoms with Crippen molar-refractivity contribution in [2.75, 3.05) is 0 Å². The van der Waals surface area contributed by atoms with Gasteiger partial charge in [0.1, 0.15) is 15.2 Å². The molecule has 0 bridgehead atoms. The maximum Gasteiger partial charge on any atom is 0.132 e. The van der Waals surface area contributed by atoms with Crippen molar-refractivity contribution in [2.24, 2.45) is 5.14 Å². The highest BCUT2D eigenvalue weighted by Crippen LogP contribution is 2.17. The molecule has 1 heterocycles. The zero-order valence-corrected chi connectivity index (χ0v) is 9.98. The van der Waals surface area contributed by atoms with E-state index in [4.69, 9.17) is 5.14 Å². The van der Waals surface area contributed by atoms with Crippen LogP contribution in [0.2, 0.25) is 0 Å². The van der Waals surface area contributed by atoms with Crippen LogP contribution in [0.25, 0.3) is 0 Å². The Morgan fingerprint density at radius 3 is 2.44 bits per heavy atom. The molecule has 1 unspecified atom stereocenters. The van der Waals surface area contributed by atoms with Crippen molar-refractivity contribution < 1.29 is 4.21 Å². The first-order valence-electron chi connectivity index (χ1n) is 4.59. The quantitative estimate of drug-likeness (QED) is 0.771. The summed E-state index contributed by atoms with van der Waals surface area (Å²) < 4.78 is 11.6. The molecule has 0 aliphatic rings. The van der Waals surface area contributed by atoms with Crippen molar-refractivity contribution >= 4 is 22.3 Å². The van der Waals surface area contributed by atoms with Crippen LogP contribution in [0.5, 0.6) is 0 Å². The third kappa shape index (κ3) is 2.80. The van der Waals surface area contributed by atoms with Crippen LogP contribution < -0.4 is 5.14 Å². The van der Waals surface area contributed by atoms with Gasteiger partial charge in [-0.2, -0.15) is 0 Å². The van der Waals surface area contributed by atoms with Gasteiger partial charge in [0, 0.05) is 5.56 Å². The van der Waals surface area contributed by atoms with Gasteiger partial charge in [-0.1, -0.05) is 30.0 Å². The lowest BCUT2D eigenvalue weighted by Crippen LogP contribution is -1.99. The molecule has 0 amide bonds. The second-order valence-electron chi connectivity index (χ2n) is 3.03. The summed E-state index contributed by atoms with van der Waals surface area (Å²) in [6.07, 6.45) is 0. The summed E-state index contributed by atoms with van der Waals surface area (Å²) in [6, 6.07) is 13.3. The topological polar surface area (TPSA) is 43.1 Å². The highest BCUT2D eigenvalue weighted by molar-refractivity contribution is 7.85. The molecule has 0 saturated carbocycles. The number of nitrogens with two attached hydrogens (primary N) is 1. The molecular formula is C12H9NOS2. The van der Waals surface area contributed by atoms with Gasteiger partial charge in [-0.15, -0.1) is 11.3 Å². The van der Waals surface area contributed by atoms with E-state index in [1.807, 2.05) is 36.4 Å². The van der Waals surface area contributed by atoms with Crippen LogP contribution in [-0.2, 0) is 11.0 Å². The van der Waals surface area contributed by atoms with E-state index in [0.717, 1.165) is 10.4 Å². The average Bonchev–Trinajstić information content (AvgIpc) is 2.76. The first-order chi connectivity index (χ1) is 7.75. The van der Waals surface area contributed by atoms with Gasteiger partial charge in [-0.25, -0.2) is 9.35 Å². The molecule has 1 aromatic heterocycles. The van der Waals surface area contributed by atoms with Crippen LogP contribution in [0.4, 0.5) is 0 Å². The Kier molecular flexibility index (Phi) is 3.52. The van der Waals surface area contributed by atoms with Gasteiger partial charge in [0.25, 0.3) is 0 Å². The van der Waals surface area contributed by atoms with Crippen molar-refractivity contribution in [1.82, 2.24) is 0 Å². The van der Waals surface area contributed by atoms with E-state index in [1.165, 1.54) is 11.3 Å². The molecule has 0 spiro atoms. The molecule has 2 N–H and O–H groups in total. The number of thiophene rings is 1. The van der Waals surface area contributed by atoms with E-state index in [-0.39, 0.29) is 0 Å². The lowest BCUT2D eigenvalue weighted by molar-refractivity contribution is 0.685.